The number of hydrogen-bond acceptors (Lipinski definition) is 3. The van der Waals surface area contributed by atoms with E-state index in [-0.39, 0.29) is 6.10 Å². The van der Waals surface area contributed by atoms with Gasteiger partial charge in [0.15, 0.2) is 10.6 Å². The van der Waals surface area contributed by atoms with Crippen LogP contribution < -0.4 is 4.74 Å². The summed E-state index contributed by atoms with van der Waals surface area (Å²) in [5.41, 5.74) is 1.96. The molecule has 0 bridgehead atoms. The molecule has 0 amide bonds. The average molecular weight is 311 g/mol. The molecule has 22 heavy (non-hydrogen) atoms. The Morgan fingerprint density at radius 1 is 1.05 bits per heavy atom. The maximum atomic E-state index is 5.67. The van der Waals surface area contributed by atoms with Gasteiger partial charge in [-0.2, -0.15) is 5.10 Å². The first-order chi connectivity index (χ1) is 10.6. The molecule has 1 aromatic heterocycles. The largest absolute Gasteiger partial charge is 0.491 e. The van der Waals surface area contributed by atoms with E-state index >= 15 is 0 Å². The molecule has 112 valence electrons. The van der Waals surface area contributed by atoms with Crippen molar-refractivity contribution in [3.05, 3.63) is 59.4 Å². The number of nitrogens with one attached hydrogen (secondary N) is 1. The first kappa shape index (κ1) is 14.5. The van der Waals surface area contributed by atoms with Gasteiger partial charge in [0.05, 0.1) is 6.10 Å². The zero-order chi connectivity index (χ0) is 15.5. The van der Waals surface area contributed by atoms with Crippen molar-refractivity contribution < 1.29 is 4.74 Å². The fraction of sp³-hybridized carbons (Fsp3) is 0.176. The van der Waals surface area contributed by atoms with Gasteiger partial charge in [0.1, 0.15) is 5.75 Å². The maximum absolute atomic E-state index is 5.67. The smallest absolute Gasteiger partial charge is 0.200 e. The predicted octanol–water partition coefficient (Wildman–Crippen LogP) is 4.38. The molecule has 0 aliphatic rings. The maximum Gasteiger partial charge on any atom is 0.200 e. The lowest BCUT2D eigenvalue weighted by Gasteiger charge is -2.10. The van der Waals surface area contributed by atoms with E-state index in [1.54, 1.807) is 0 Å². The van der Waals surface area contributed by atoms with E-state index in [4.69, 9.17) is 17.0 Å². The van der Waals surface area contributed by atoms with Crippen LogP contribution in [0.4, 0.5) is 0 Å². The van der Waals surface area contributed by atoms with E-state index < -0.39 is 0 Å². The topological polar surface area (TPSA) is 42.8 Å². The van der Waals surface area contributed by atoms with Gasteiger partial charge in [-0.25, -0.2) is 0 Å². The van der Waals surface area contributed by atoms with Gasteiger partial charge in [-0.3, -0.25) is 9.67 Å². The second-order valence-corrected chi connectivity index (χ2v) is 5.60. The molecule has 1 N–H and O–H groups in total. The number of para-hydroxylation sites is 1. The molecule has 1 heterocycles. The molecule has 0 saturated carbocycles. The molecule has 4 nitrogen and oxygen atoms in total. The first-order valence-corrected chi connectivity index (χ1v) is 7.56. The third-order valence-corrected chi connectivity index (χ3v) is 3.44. The van der Waals surface area contributed by atoms with Crippen LogP contribution in [-0.4, -0.2) is 20.9 Å². The van der Waals surface area contributed by atoms with Crippen LogP contribution >= 0.6 is 12.2 Å². The van der Waals surface area contributed by atoms with Crippen LogP contribution in [-0.2, 0) is 0 Å². The van der Waals surface area contributed by atoms with Gasteiger partial charge in [0, 0.05) is 11.3 Å². The van der Waals surface area contributed by atoms with E-state index in [0.717, 1.165) is 22.8 Å². The van der Waals surface area contributed by atoms with Gasteiger partial charge < -0.3 is 4.74 Å². The van der Waals surface area contributed by atoms with E-state index in [9.17, 15) is 0 Å². The normalized spacial score (nSPS) is 10.9. The number of ether oxygens (including phenoxy) is 1. The number of aromatic amines is 1. The van der Waals surface area contributed by atoms with E-state index in [1.165, 1.54) is 0 Å². The molecule has 0 saturated heterocycles. The molecule has 0 unspecified atom stereocenters. The Bertz CT molecular complexity index is 804. The molecule has 0 atom stereocenters. The van der Waals surface area contributed by atoms with E-state index in [2.05, 4.69) is 10.2 Å². The number of H-pyrrole nitrogens is 1. The van der Waals surface area contributed by atoms with Crippen LogP contribution in [0.2, 0.25) is 0 Å². The zero-order valence-corrected chi connectivity index (χ0v) is 13.3. The van der Waals surface area contributed by atoms with Gasteiger partial charge >= 0.3 is 0 Å². The molecule has 0 aliphatic heterocycles. The molecule has 0 radical (unpaired) electrons. The third kappa shape index (κ3) is 2.94. The van der Waals surface area contributed by atoms with Gasteiger partial charge in [0.25, 0.3) is 0 Å². The fourth-order valence-electron chi connectivity index (χ4n) is 2.26. The summed E-state index contributed by atoms with van der Waals surface area (Å²) in [5.74, 6) is 1.63. The van der Waals surface area contributed by atoms with Gasteiger partial charge in [-0.15, -0.1) is 0 Å². The monoisotopic (exact) mass is 311 g/mol. The summed E-state index contributed by atoms with van der Waals surface area (Å²) in [5, 5.41) is 7.22. The van der Waals surface area contributed by atoms with E-state index in [1.807, 2.05) is 73.0 Å². The first-order valence-electron chi connectivity index (χ1n) is 7.15. The highest BCUT2D eigenvalue weighted by Gasteiger charge is 2.10. The average Bonchev–Trinajstić information content (AvgIpc) is 2.90. The third-order valence-electron chi connectivity index (χ3n) is 3.17. The molecule has 0 fully saturated rings. The minimum absolute atomic E-state index is 0.157. The van der Waals surface area contributed by atoms with Crippen molar-refractivity contribution in [2.75, 3.05) is 0 Å². The summed E-state index contributed by atoms with van der Waals surface area (Å²) in [7, 11) is 0. The molecule has 3 aromatic rings. The predicted molar refractivity (Wildman–Crippen MR) is 89.9 cm³/mol. The lowest BCUT2D eigenvalue weighted by Crippen LogP contribution is -2.05. The minimum atomic E-state index is 0.157. The van der Waals surface area contributed by atoms with Crippen LogP contribution in [0.1, 0.15) is 13.8 Å². The van der Waals surface area contributed by atoms with Gasteiger partial charge in [-0.05, 0) is 62.5 Å². The molecule has 3 rings (SSSR count). The number of aromatic nitrogens is 3. The SMILES string of the molecule is CC(C)Oc1ccc(-c2n[nH]c(=S)n2-c2ccccc2)cc1. The highest BCUT2D eigenvalue weighted by Crippen LogP contribution is 2.24. The Morgan fingerprint density at radius 3 is 2.36 bits per heavy atom. The minimum Gasteiger partial charge on any atom is -0.491 e. The molecular formula is C17H17N3OS. The van der Waals surface area contributed by atoms with Crippen molar-refractivity contribution in [1.82, 2.24) is 14.8 Å². The van der Waals surface area contributed by atoms with Crippen molar-refractivity contribution in [2.24, 2.45) is 0 Å². The summed E-state index contributed by atoms with van der Waals surface area (Å²) < 4.78 is 8.17. The van der Waals surface area contributed by atoms with Crippen molar-refractivity contribution >= 4 is 12.2 Å². The van der Waals surface area contributed by atoms with Gasteiger partial charge in [-0.1, -0.05) is 18.2 Å². The highest BCUT2D eigenvalue weighted by atomic mass is 32.1. The zero-order valence-electron chi connectivity index (χ0n) is 12.5. The summed E-state index contributed by atoms with van der Waals surface area (Å²) in [6.07, 6.45) is 0.157. The van der Waals surface area contributed by atoms with Crippen LogP contribution in [0.3, 0.4) is 0 Å². The van der Waals surface area contributed by atoms with Crippen LogP contribution in [0.25, 0.3) is 17.1 Å². The number of nitrogens with zero attached hydrogens (tertiary/aromatic N) is 2. The van der Waals surface area contributed by atoms with Crippen LogP contribution in [0, 0.1) is 4.77 Å². The Hall–Kier alpha value is -2.40. The summed E-state index contributed by atoms with van der Waals surface area (Å²) in [4.78, 5) is 0. The van der Waals surface area contributed by atoms with Crippen LogP contribution in [0.5, 0.6) is 5.75 Å². The number of benzene rings is 2. The highest BCUT2D eigenvalue weighted by molar-refractivity contribution is 7.71. The number of rotatable bonds is 4. The Morgan fingerprint density at radius 2 is 1.73 bits per heavy atom. The number of hydrogen-bond donors (Lipinski definition) is 1. The quantitative estimate of drug-likeness (QED) is 0.727. The van der Waals surface area contributed by atoms with Crippen molar-refractivity contribution in [1.29, 1.82) is 0 Å². The van der Waals surface area contributed by atoms with Crippen molar-refractivity contribution in [3.63, 3.8) is 0 Å². The Labute approximate surface area is 134 Å². The Balaban J connectivity index is 2.01. The van der Waals surface area contributed by atoms with E-state index in [0.29, 0.717) is 4.77 Å². The molecule has 5 heteroatoms. The van der Waals surface area contributed by atoms with Gasteiger partial charge in [0.2, 0.25) is 0 Å². The van der Waals surface area contributed by atoms with Crippen molar-refractivity contribution in [3.8, 4) is 22.8 Å². The fourth-order valence-corrected chi connectivity index (χ4v) is 2.50. The Kier molecular flexibility index (Phi) is 4.06. The summed E-state index contributed by atoms with van der Waals surface area (Å²) in [6.45, 7) is 4.02. The molecular weight excluding hydrogens is 294 g/mol. The van der Waals surface area contributed by atoms with Crippen molar-refractivity contribution in [2.45, 2.75) is 20.0 Å². The second kappa shape index (κ2) is 6.15. The lowest BCUT2D eigenvalue weighted by atomic mass is 10.2. The van der Waals surface area contributed by atoms with Crippen LogP contribution in [0.15, 0.2) is 54.6 Å². The standard InChI is InChI=1S/C17H17N3OS/c1-12(2)21-15-10-8-13(9-11-15)16-18-19-17(22)20(16)14-6-4-3-5-7-14/h3-12H,1-2H3,(H,19,22). The lowest BCUT2D eigenvalue weighted by molar-refractivity contribution is 0.242. The molecule has 2 aromatic carbocycles. The summed E-state index contributed by atoms with van der Waals surface area (Å²) in [6, 6.07) is 17.8. The molecule has 0 aliphatic carbocycles. The summed E-state index contributed by atoms with van der Waals surface area (Å²) >= 11 is 5.36. The molecule has 0 spiro atoms. The second-order valence-electron chi connectivity index (χ2n) is 5.21.